The van der Waals surface area contributed by atoms with E-state index < -0.39 is 41.1 Å². The highest BCUT2D eigenvalue weighted by Gasteiger charge is 2.80. The number of rotatable bonds is 13. The Bertz CT molecular complexity index is 903. The highest BCUT2D eigenvalue weighted by Crippen LogP contribution is 2.65. The average molecular weight is 519 g/mol. The van der Waals surface area contributed by atoms with Gasteiger partial charge in [-0.25, -0.2) is 0 Å². The van der Waals surface area contributed by atoms with Gasteiger partial charge in [0.1, 0.15) is 17.6 Å². The van der Waals surface area contributed by atoms with Gasteiger partial charge in [0.05, 0.1) is 30.8 Å². The lowest BCUT2D eigenvalue weighted by atomic mass is 9.62. The number of hydrogen-bond donors (Lipinski definition) is 1. The predicted octanol–water partition coefficient (Wildman–Crippen LogP) is 3.34. The second-order valence-corrected chi connectivity index (χ2v) is 11.8. The first-order chi connectivity index (χ1) is 17.4. The van der Waals surface area contributed by atoms with Crippen molar-refractivity contribution < 1.29 is 29.0 Å². The maximum absolute atomic E-state index is 14.3. The van der Waals surface area contributed by atoms with Gasteiger partial charge in [-0.15, -0.1) is 13.2 Å². The van der Waals surface area contributed by atoms with E-state index in [-0.39, 0.29) is 42.9 Å². The molecule has 1 spiro atoms. The van der Waals surface area contributed by atoms with Crippen molar-refractivity contribution in [3.63, 3.8) is 0 Å². The van der Waals surface area contributed by atoms with Gasteiger partial charge in [0, 0.05) is 12.6 Å². The molecule has 3 saturated heterocycles. The van der Waals surface area contributed by atoms with Gasteiger partial charge in [-0.3, -0.25) is 14.4 Å². The monoisotopic (exact) mass is 518 g/mol. The van der Waals surface area contributed by atoms with Crippen LogP contribution in [0.1, 0.15) is 67.2 Å². The van der Waals surface area contributed by atoms with Gasteiger partial charge >= 0.3 is 5.97 Å². The van der Waals surface area contributed by atoms with Gasteiger partial charge in [0.25, 0.3) is 0 Å². The quantitative estimate of drug-likeness (QED) is 0.228. The average Bonchev–Trinajstić information content (AvgIpc) is 3.34. The Balaban J connectivity index is 2.07. The Morgan fingerprint density at radius 2 is 1.92 bits per heavy atom. The summed E-state index contributed by atoms with van der Waals surface area (Å²) in [6.07, 6.45) is 6.40. The van der Waals surface area contributed by atoms with Crippen LogP contribution in [0.2, 0.25) is 0 Å². The van der Waals surface area contributed by atoms with Gasteiger partial charge in [-0.05, 0) is 58.3 Å². The largest absolute Gasteiger partial charge is 0.465 e. The molecule has 3 rings (SSSR count). The molecule has 3 aliphatic heterocycles. The predicted molar refractivity (Wildman–Crippen MR) is 141 cm³/mol. The van der Waals surface area contributed by atoms with Crippen LogP contribution in [-0.2, 0) is 23.9 Å². The van der Waals surface area contributed by atoms with Crippen LogP contribution in [0.4, 0.5) is 0 Å². The minimum atomic E-state index is -1.16. The van der Waals surface area contributed by atoms with E-state index in [2.05, 4.69) is 13.2 Å². The number of allylic oxidation sites excluding steroid dienone is 1. The van der Waals surface area contributed by atoms with E-state index >= 15 is 0 Å². The molecule has 0 aliphatic carbocycles. The Labute approximate surface area is 222 Å². The van der Waals surface area contributed by atoms with Crippen LogP contribution in [-0.4, -0.2) is 81.8 Å². The van der Waals surface area contributed by atoms with Crippen molar-refractivity contribution in [2.24, 2.45) is 23.7 Å². The van der Waals surface area contributed by atoms with Gasteiger partial charge in [0.15, 0.2) is 0 Å². The number of fused-ring (bicyclic) bond motifs is 1. The highest BCUT2D eigenvalue weighted by atomic mass is 16.6. The summed E-state index contributed by atoms with van der Waals surface area (Å²) < 4.78 is 12.4. The van der Waals surface area contributed by atoms with Crippen LogP contribution in [0, 0.1) is 23.7 Å². The molecule has 8 nitrogen and oxygen atoms in total. The molecule has 3 aliphatic rings. The molecule has 1 N–H and O–H groups in total. The molecular formula is C29H46N2O6. The van der Waals surface area contributed by atoms with Crippen molar-refractivity contribution in [2.45, 2.75) is 96.6 Å². The number of amides is 2. The zero-order chi connectivity index (χ0) is 27.7. The third kappa shape index (κ3) is 4.76. The minimum absolute atomic E-state index is 0.0661. The van der Waals surface area contributed by atoms with Crippen LogP contribution in [0.25, 0.3) is 0 Å². The topological polar surface area (TPSA) is 96.4 Å². The Morgan fingerprint density at radius 1 is 1.24 bits per heavy atom. The van der Waals surface area contributed by atoms with E-state index in [4.69, 9.17) is 9.47 Å². The molecule has 3 heterocycles. The normalized spacial score (nSPS) is 33.1. The summed E-state index contributed by atoms with van der Waals surface area (Å²) in [6.45, 7) is 19.4. The molecule has 0 aromatic carbocycles. The first-order valence-electron chi connectivity index (χ1n) is 13.7. The van der Waals surface area contributed by atoms with Crippen LogP contribution in [0.15, 0.2) is 25.3 Å². The smallest absolute Gasteiger partial charge is 0.312 e. The minimum Gasteiger partial charge on any atom is -0.465 e. The van der Waals surface area contributed by atoms with Crippen molar-refractivity contribution in [2.75, 3.05) is 19.8 Å². The van der Waals surface area contributed by atoms with Crippen molar-refractivity contribution in [3.05, 3.63) is 25.3 Å². The third-order valence-electron chi connectivity index (χ3n) is 8.83. The summed E-state index contributed by atoms with van der Waals surface area (Å²) in [5.41, 5.74) is -2.08. The molecule has 0 aromatic rings. The highest BCUT2D eigenvalue weighted by molar-refractivity contribution is 5.99. The molecule has 0 aromatic heterocycles. The van der Waals surface area contributed by atoms with Gasteiger partial charge in [-0.2, -0.15) is 0 Å². The summed E-state index contributed by atoms with van der Waals surface area (Å²) in [6, 6.07) is -1.66. The molecular weight excluding hydrogens is 472 g/mol. The molecule has 37 heavy (non-hydrogen) atoms. The van der Waals surface area contributed by atoms with Crippen molar-refractivity contribution >= 4 is 17.8 Å². The number of nitrogens with zero attached hydrogens (tertiary/aromatic N) is 2. The molecule has 3 fully saturated rings. The fraction of sp³-hybridized carbons (Fsp3) is 0.759. The molecule has 2 bridgehead atoms. The van der Waals surface area contributed by atoms with E-state index in [0.29, 0.717) is 19.4 Å². The third-order valence-corrected chi connectivity index (χ3v) is 8.83. The fourth-order valence-corrected chi connectivity index (χ4v) is 6.80. The Morgan fingerprint density at radius 3 is 2.46 bits per heavy atom. The maximum atomic E-state index is 14.3. The molecule has 8 heteroatoms. The number of aliphatic hydroxyl groups excluding tert-OH is 1. The van der Waals surface area contributed by atoms with Crippen molar-refractivity contribution in [1.82, 2.24) is 9.80 Å². The zero-order valence-corrected chi connectivity index (χ0v) is 23.4. The van der Waals surface area contributed by atoms with Gasteiger partial charge in [-0.1, -0.05) is 32.9 Å². The number of unbranched alkanes of at least 4 members (excludes halogenated alkanes) is 2. The summed E-state index contributed by atoms with van der Waals surface area (Å²) >= 11 is 0. The molecule has 2 amide bonds. The van der Waals surface area contributed by atoms with Crippen LogP contribution >= 0.6 is 0 Å². The molecule has 0 saturated carbocycles. The van der Waals surface area contributed by atoms with Crippen LogP contribution in [0.5, 0.6) is 0 Å². The van der Waals surface area contributed by atoms with E-state index in [1.807, 2.05) is 47.6 Å². The summed E-state index contributed by atoms with van der Waals surface area (Å²) in [5.74, 6) is -2.82. The second kappa shape index (κ2) is 11.3. The first kappa shape index (κ1) is 29.4. The lowest BCUT2D eigenvalue weighted by molar-refractivity contribution is -0.164. The summed E-state index contributed by atoms with van der Waals surface area (Å²) in [4.78, 5) is 45.3. The zero-order valence-electron chi connectivity index (χ0n) is 23.4. The van der Waals surface area contributed by atoms with Crippen LogP contribution in [0.3, 0.4) is 0 Å². The van der Waals surface area contributed by atoms with E-state index in [1.54, 1.807) is 11.0 Å². The fourth-order valence-electron chi connectivity index (χ4n) is 6.80. The number of carbonyl (C=O) groups is 3. The number of carbonyl (C=O) groups excluding carboxylic acids is 3. The Kier molecular flexibility index (Phi) is 8.95. The second-order valence-electron chi connectivity index (χ2n) is 11.8. The number of esters is 1. The van der Waals surface area contributed by atoms with Crippen molar-refractivity contribution in [1.29, 1.82) is 0 Å². The Hall–Kier alpha value is -2.19. The van der Waals surface area contributed by atoms with E-state index in [9.17, 15) is 19.5 Å². The molecule has 0 radical (unpaired) electrons. The number of ether oxygens (including phenoxy) is 2. The van der Waals surface area contributed by atoms with Crippen LogP contribution < -0.4 is 0 Å². The van der Waals surface area contributed by atoms with Gasteiger partial charge in [0.2, 0.25) is 11.8 Å². The number of aliphatic hydroxyl groups is 1. The molecule has 208 valence electrons. The lowest BCUT2D eigenvalue weighted by Gasteiger charge is -2.41. The summed E-state index contributed by atoms with van der Waals surface area (Å²) in [7, 11) is 0. The number of likely N-dealkylation sites (tertiary alicyclic amines) is 1. The SMILES string of the molecule is C=CCCCCOC(=O)[C@@H]1[C@H]2C(=O)N([C@@H](CO)C(C)C)C(C(=O)N(CC=C)C(C)C)C23CC(C)[C@@]1(C)O3. The van der Waals surface area contributed by atoms with Gasteiger partial charge < -0.3 is 24.4 Å². The lowest BCUT2D eigenvalue weighted by Crippen LogP contribution is -2.60. The summed E-state index contributed by atoms with van der Waals surface area (Å²) in [5, 5.41) is 10.3. The first-order valence-corrected chi connectivity index (χ1v) is 13.7. The standard InChI is InChI=1S/C29H46N2O6/c1-9-11-12-13-15-36-27(35)23-22-25(33)31(21(17-32)18(3)4)24(26(34)30(14-10-2)19(5)6)29(22)16-20(7)28(23,8)37-29/h9-10,18-24,32H,1-2,11-17H2,3-8H3/t20?,21-,22-,23-,24?,28+,29?/m0/s1. The molecule has 7 atom stereocenters. The van der Waals surface area contributed by atoms with E-state index in [1.165, 1.54) is 4.90 Å². The van der Waals surface area contributed by atoms with Crippen molar-refractivity contribution in [3.8, 4) is 0 Å². The maximum Gasteiger partial charge on any atom is 0.312 e. The number of hydrogen-bond acceptors (Lipinski definition) is 6. The van der Waals surface area contributed by atoms with E-state index in [0.717, 1.165) is 12.8 Å². The molecule has 3 unspecified atom stereocenters.